The zero-order chi connectivity index (χ0) is 22.0. The van der Waals surface area contributed by atoms with E-state index in [1.54, 1.807) is 0 Å². The molecular formula is C29H57O. The second kappa shape index (κ2) is 26.7. The van der Waals surface area contributed by atoms with Gasteiger partial charge in [-0.2, -0.15) is 0 Å². The van der Waals surface area contributed by atoms with E-state index in [9.17, 15) is 4.79 Å². The van der Waals surface area contributed by atoms with Gasteiger partial charge in [0.15, 0.2) is 0 Å². The van der Waals surface area contributed by atoms with E-state index in [2.05, 4.69) is 20.1 Å². The second-order valence-electron chi connectivity index (χ2n) is 9.82. The lowest BCUT2D eigenvalue weighted by Gasteiger charge is -2.09. The van der Waals surface area contributed by atoms with Crippen LogP contribution in [-0.4, -0.2) is 6.29 Å². The summed E-state index contributed by atoms with van der Waals surface area (Å²) in [5.74, 6) is 0.215. The molecule has 0 bridgehead atoms. The van der Waals surface area contributed by atoms with E-state index in [0.29, 0.717) is 0 Å². The Morgan fingerprint density at radius 1 is 0.400 bits per heavy atom. The van der Waals surface area contributed by atoms with Crippen molar-refractivity contribution in [1.82, 2.24) is 0 Å². The summed E-state index contributed by atoms with van der Waals surface area (Å²) in [7, 11) is 0. The highest BCUT2D eigenvalue weighted by molar-refractivity contribution is 5.54. The van der Waals surface area contributed by atoms with Crippen molar-refractivity contribution in [2.75, 3.05) is 0 Å². The molecule has 0 aromatic heterocycles. The van der Waals surface area contributed by atoms with Gasteiger partial charge in [0.2, 0.25) is 6.29 Å². The average Bonchev–Trinajstić information content (AvgIpc) is 2.76. The Balaban J connectivity index is 3.27. The molecule has 1 nitrogen and oxygen atoms in total. The molecule has 30 heavy (non-hydrogen) atoms. The van der Waals surface area contributed by atoms with Gasteiger partial charge in [0, 0.05) is 5.92 Å². The maximum absolute atomic E-state index is 11.2. The first-order chi connectivity index (χ1) is 14.8. The van der Waals surface area contributed by atoms with E-state index in [4.69, 9.17) is 0 Å². The zero-order valence-electron chi connectivity index (χ0n) is 21.2. The Kier molecular flexibility index (Phi) is 26.4. The molecule has 1 atom stereocenters. The number of unbranched alkanes of at least 4 members (excludes halogenated alkanes) is 21. The van der Waals surface area contributed by atoms with Crippen LogP contribution in [0.3, 0.4) is 0 Å². The lowest BCUT2D eigenvalue weighted by atomic mass is 9.95. The Bertz CT molecular complexity index is 311. The molecule has 0 aliphatic rings. The normalized spacial score (nSPS) is 12.3. The first-order valence-corrected chi connectivity index (χ1v) is 14.2. The number of carbonyl (C=O) groups excluding carboxylic acids is 1. The van der Waals surface area contributed by atoms with Crippen molar-refractivity contribution < 1.29 is 4.79 Å². The highest BCUT2D eigenvalue weighted by Crippen LogP contribution is 2.18. The van der Waals surface area contributed by atoms with Gasteiger partial charge in [-0.05, 0) is 12.8 Å². The van der Waals surface area contributed by atoms with Crippen LogP contribution in [-0.2, 0) is 4.79 Å². The van der Waals surface area contributed by atoms with E-state index in [-0.39, 0.29) is 5.92 Å². The predicted octanol–water partition coefficient (Wildman–Crippen LogP) is 10.5. The summed E-state index contributed by atoms with van der Waals surface area (Å²) in [6.07, 6.45) is 36.3. The summed E-state index contributed by atoms with van der Waals surface area (Å²) in [4.78, 5) is 11.2. The van der Waals surface area contributed by atoms with E-state index in [1.807, 2.05) is 0 Å². The van der Waals surface area contributed by atoms with Gasteiger partial charge in [-0.1, -0.05) is 162 Å². The smallest absolute Gasteiger partial charge is 0.201 e. The molecule has 179 valence electrons. The van der Waals surface area contributed by atoms with E-state index in [1.165, 1.54) is 148 Å². The molecule has 0 spiro atoms. The molecule has 0 fully saturated rings. The van der Waals surface area contributed by atoms with Crippen molar-refractivity contribution in [1.29, 1.82) is 0 Å². The Hall–Kier alpha value is -0.330. The van der Waals surface area contributed by atoms with Gasteiger partial charge in [-0.3, -0.25) is 4.79 Å². The molecule has 0 amide bonds. The summed E-state index contributed by atoms with van der Waals surface area (Å²) in [6, 6.07) is 0. The molecule has 1 radical (unpaired) electrons. The lowest BCUT2D eigenvalue weighted by Crippen LogP contribution is -2.02. The molecule has 0 aromatic carbocycles. The Labute approximate surface area is 191 Å². The molecule has 0 saturated carbocycles. The van der Waals surface area contributed by atoms with Gasteiger partial charge < -0.3 is 0 Å². The lowest BCUT2D eigenvalue weighted by molar-refractivity contribution is 0.448. The second-order valence-corrected chi connectivity index (χ2v) is 9.82. The van der Waals surface area contributed by atoms with Crippen LogP contribution < -0.4 is 0 Å². The fourth-order valence-electron chi connectivity index (χ4n) is 4.55. The SMILES string of the molecule is CCCCCCCCCCCCCCCC([C]=O)CCCCCCCCCCCC. The molecule has 0 aliphatic carbocycles. The van der Waals surface area contributed by atoms with Crippen LogP contribution in [0.2, 0.25) is 0 Å². The summed E-state index contributed by atoms with van der Waals surface area (Å²) in [6.45, 7) is 4.57. The third-order valence-electron chi connectivity index (χ3n) is 6.73. The maximum atomic E-state index is 11.2. The van der Waals surface area contributed by atoms with Crippen molar-refractivity contribution in [2.45, 2.75) is 174 Å². The molecule has 0 heterocycles. The van der Waals surface area contributed by atoms with Gasteiger partial charge in [0.25, 0.3) is 0 Å². The maximum Gasteiger partial charge on any atom is 0.201 e. The topological polar surface area (TPSA) is 17.1 Å². The monoisotopic (exact) mass is 421 g/mol. The molecule has 0 N–H and O–H groups in total. The largest absolute Gasteiger partial charge is 0.291 e. The molecule has 0 aliphatic heterocycles. The van der Waals surface area contributed by atoms with E-state index < -0.39 is 0 Å². The minimum absolute atomic E-state index is 0.215. The standard InChI is InChI=1S/C29H57O/c1-3-5-7-9-11-13-15-16-17-19-21-23-25-27-29(28-30)26-24-22-20-18-14-12-10-8-6-4-2/h29H,3-27H2,1-2H3. The summed E-state index contributed by atoms with van der Waals surface area (Å²) >= 11 is 0. The van der Waals surface area contributed by atoms with Crippen LogP contribution in [0.1, 0.15) is 174 Å². The first-order valence-electron chi connectivity index (χ1n) is 14.2. The quantitative estimate of drug-likeness (QED) is 0.127. The van der Waals surface area contributed by atoms with Gasteiger partial charge in [0.05, 0.1) is 0 Å². The zero-order valence-corrected chi connectivity index (χ0v) is 21.2. The minimum Gasteiger partial charge on any atom is -0.291 e. The van der Waals surface area contributed by atoms with Crippen LogP contribution in [0.4, 0.5) is 0 Å². The van der Waals surface area contributed by atoms with Crippen LogP contribution in [0.25, 0.3) is 0 Å². The molecule has 0 rings (SSSR count). The summed E-state index contributed by atoms with van der Waals surface area (Å²) in [5.41, 5.74) is 0. The fraction of sp³-hybridized carbons (Fsp3) is 0.966. The van der Waals surface area contributed by atoms with E-state index >= 15 is 0 Å². The minimum atomic E-state index is 0.215. The van der Waals surface area contributed by atoms with Gasteiger partial charge in [-0.25, -0.2) is 0 Å². The van der Waals surface area contributed by atoms with Crippen molar-refractivity contribution >= 4 is 6.29 Å². The van der Waals surface area contributed by atoms with Crippen molar-refractivity contribution in [2.24, 2.45) is 5.92 Å². The number of hydrogen-bond acceptors (Lipinski definition) is 1. The highest BCUT2D eigenvalue weighted by atomic mass is 16.1. The summed E-state index contributed by atoms with van der Waals surface area (Å²) in [5, 5.41) is 0. The third-order valence-corrected chi connectivity index (χ3v) is 6.73. The molecule has 1 heteroatoms. The highest BCUT2D eigenvalue weighted by Gasteiger charge is 2.07. The number of hydrogen-bond donors (Lipinski definition) is 0. The number of rotatable bonds is 26. The Morgan fingerprint density at radius 2 is 0.633 bits per heavy atom. The van der Waals surface area contributed by atoms with Crippen molar-refractivity contribution in [3.63, 3.8) is 0 Å². The van der Waals surface area contributed by atoms with Gasteiger partial charge in [-0.15, -0.1) is 0 Å². The summed E-state index contributed by atoms with van der Waals surface area (Å²) < 4.78 is 0. The average molecular weight is 422 g/mol. The molecule has 0 aromatic rings. The molecular weight excluding hydrogens is 364 g/mol. The van der Waals surface area contributed by atoms with Crippen LogP contribution in [0, 0.1) is 5.92 Å². The van der Waals surface area contributed by atoms with Gasteiger partial charge in [0.1, 0.15) is 0 Å². The first kappa shape index (κ1) is 29.7. The van der Waals surface area contributed by atoms with Gasteiger partial charge >= 0.3 is 0 Å². The van der Waals surface area contributed by atoms with Crippen LogP contribution >= 0.6 is 0 Å². The van der Waals surface area contributed by atoms with Crippen molar-refractivity contribution in [3.8, 4) is 0 Å². The fourth-order valence-corrected chi connectivity index (χ4v) is 4.55. The van der Waals surface area contributed by atoms with Crippen LogP contribution in [0.5, 0.6) is 0 Å². The molecule has 1 unspecified atom stereocenters. The predicted molar refractivity (Wildman–Crippen MR) is 136 cm³/mol. The van der Waals surface area contributed by atoms with Crippen LogP contribution in [0.15, 0.2) is 0 Å². The Morgan fingerprint density at radius 3 is 0.867 bits per heavy atom. The third kappa shape index (κ3) is 23.9. The van der Waals surface area contributed by atoms with E-state index in [0.717, 1.165) is 12.8 Å². The molecule has 0 saturated heterocycles. The van der Waals surface area contributed by atoms with Crippen molar-refractivity contribution in [3.05, 3.63) is 0 Å².